The quantitative estimate of drug-likeness (QED) is 0.362. The summed E-state index contributed by atoms with van der Waals surface area (Å²) in [6.07, 6.45) is 1.65. The molecule has 0 bridgehead atoms. The summed E-state index contributed by atoms with van der Waals surface area (Å²) in [6, 6.07) is 0. The minimum absolute atomic E-state index is 0. The molecule has 3 nitrogen and oxygen atoms in total. The number of hydrogen-bond acceptors (Lipinski definition) is 2. The summed E-state index contributed by atoms with van der Waals surface area (Å²) < 4.78 is 0. The van der Waals surface area contributed by atoms with Gasteiger partial charge in [-0.2, -0.15) is 0 Å². The van der Waals surface area contributed by atoms with Gasteiger partial charge in [0.05, 0.1) is 0 Å². The molecule has 10 heavy (non-hydrogen) atoms. The first-order chi connectivity index (χ1) is 4.22. The fraction of sp³-hybridized carbons (Fsp3) is 0.667. The van der Waals surface area contributed by atoms with E-state index >= 15 is 0 Å². The number of aliphatic carboxylic acids is 1. The van der Waals surface area contributed by atoms with Crippen molar-refractivity contribution in [3.05, 3.63) is 0 Å². The van der Waals surface area contributed by atoms with Crippen LogP contribution in [0.2, 0.25) is 0 Å². The Morgan fingerprint density at radius 3 is 2.30 bits per heavy atom. The Kier molecular flexibility index (Phi) is 9.78. The third-order valence-electron chi connectivity index (χ3n) is 1.08. The zero-order valence-electron chi connectivity index (χ0n) is 5.33. The van der Waals surface area contributed by atoms with Crippen molar-refractivity contribution in [3.8, 4) is 0 Å². The second kappa shape index (κ2) is 7.51. The molecular formula is C6H12CaO3. The molecule has 0 amide bonds. The molecule has 0 aromatic rings. The summed E-state index contributed by atoms with van der Waals surface area (Å²) >= 11 is 0. The van der Waals surface area contributed by atoms with Crippen LogP contribution in [0.5, 0.6) is 0 Å². The molecule has 0 fully saturated rings. The molecule has 0 rings (SSSR count). The Bertz CT molecular complexity index is 114. The predicted molar refractivity (Wildman–Crippen MR) is 40.6 cm³/mol. The molecule has 1 N–H and O–H groups in total. The van der Waals surface area contributed by atoms with E-state index in [-0.39, 0.29) is 37.7 Å². The van der Waals surface area contributed by atoms with Crippen molar-refractivity contribution < 1.29 is 14.7 Å². The second-order valence-corrected chi connectivity index (χ2v) is 1.87. The van der Waals surface area contributed by atoms with E-state index in [2.05, 4.69) is 0 Å². The molecule has 0 aromatic heterocycles. The second-order valence-electron chi connectivity index (χ2n) is 1.87. The third kappa shape index (κ3) is 5.21. The molecule has 0 radical (unpaired) electrons. The predicted octanol–water partition coefficient (Wildman–Crippen LogP) is -0.230. The average Bonchev–Trinajstić information content (AvgIpc) is 1.82. The van der Waals surface area contributed by atoms with Crippen LogP contribution in [-0.2, 0) is 9.59 Å². The summed E-state index contributed by atoms with van der Waals surface area (Å²) in [6.45, 7) is 1.85. The summed E-state index contributed by atoms with van der Waals surface area (Å²) in [5.41, 5.74) is 0. The van der Waals surface area contributed by atoms with E-state index in [9.17, 15) is 9.59 Å². The van der Waals surface area contributed by atoms with Crippen molar-refractivity contribution in [1.29, 1.82) is 0 Å². The molecule has 0 saturated heterocycles. The maximum absolute atomic E-state index is 10.1. The van der Waals surface area contributed by atoms with E-state index in [0.717, 1.165) is 6.42 Å². The number of carboxylic acid groups (broad SMARTS) is 1. The maximum atomic E-state index is 10.1. The van der Waals surface area contributed by atoms with Gasteiger partial charge >= 0.3 is 43.7 Å². The average molecular weight is 172 g/mol. The number of hydrogen-bond donors (Lipinski definition) is 1. The van der Waals surface area contributed by atoms with Crippen LogP contribution in [0, 0.1) is 5.92 Å². The molecule has 1 atom stereocenters. The topological polar surface area (TPSA) is 54.4 Å². The first kappa shape index (κ1) is 13.0. The Morgan fingerprint density at radius 2 is 2.20 bits per heavy atom. The van der Waals surface area contributed by atoms with Gasteiger partial charge in [0.1, 0.15) is 12.2 Å². The van der Waals surface area contributed by atoms with Crippen LogP contribution < -0.4 is 0 Å². The zero-order valence-corrected chi connectivity index (χ0v) is 5.33. The van der Waals surface area contributed by atoms with Crippen molar-refractivity contribution >= 4 is 50.0 Å². The number of carbonyl (C=O) groups is 2. The van der Waals surface area contributed by atoms with E-state index in [0.29, 0.717) is 12.7 Å². The van der Waals surface area contributed by atoms with Gasteiger partial charge in [-0.25, -0.2) is 0 Å². The molecule has 1 unspecified atom stereocenters. The molecule has 4 heteroatoms. The van der Waals surface area contributed by atoms with E-state index in [4.69, 9.17) is 5.11 Å². The van der Waals surface area contributed by atoms with Gasteiger partial charge in [0.25, 0.3) is 0 Å². The summed E-state index contributed by atoms with van der Waals surface area (Å²) in [5, 5.41) is 8.27. The van der Waals surface area contributed by atoms with Crippen molar-refractivity contribution in [2.24, 2.45) is 5.92 Å². The Morgan fingerprint density at radius 1 is 1.70 bits per heavy atom. The normalized spacial score (nSPS) is 11.3. The monoisotopic (exact) mass is 172 g/mol. The molecule has 0 aliphatic heterocycles. The molecule has 0 heterocycles. The van der Waals surface area contributed by atoms with E-state index < -0.39 is 11.9 Å². The number of rotatable bonds is 4. The number of aldehydes is 1. The number of carbonyl (C=O) groups excluding carboxylic acids is 1. The van der Waals surface area contributed by atoms with E-state index in [1.807, 2.05) is 6.92 Å². The molecular weight excluding hydrogens is 160 g/mol. The molecule has 0 spiro atoms. The van der Waals surface area contributed by atoms with Crippen LogP contribution in [-0.4, -0.2) is 55.1 Å². The van der Waals surface area contributed by atoms with Crippen molar-refractivity contribution in [2.75, 3.05) is 0 Å². The summed E-state index contributed by atoms with van der Waals surface area (Å²) in [7, 11) is 0. The van der Waals surface area contributed by atoms with Crippen LogP contribution in [0.4, 0.5) is 0 Å². The fourth-order valence-electron chi connectivity index (χ4n) is 0.561. The van der Waals surface area contributed by atoms with Crippen LogP contribution in [0.1, 0.15) is 19.8 Å². The standard InChI is InChI=1S/C6H10O3.Ca.2H/c1-2-3-5(4-7)6(8)9;;;/h4-5H,2-3H2,1H3,(H,8,9);;;. The number of carboxylic acids is 1. The van der Waals surface area contributed by atoms with Crippen LogP contribution in [0.25, 0.3) is 0 Å². The first-order valence-corrected chi connectivity index (χ1v) is 2.90. The molecule has 0 saturated carbocycles. The minimum atomic E-state index is -1.02. The van der Waals surface area contributed by atoms with Gasteiger partial charge in [0, 0.05) is 0 Å². The van der Waals surface area contributed by atoms with E-state index in [1.54, 1.807) is 0 Å². The Balaban J connectivity index is 0. The van der Waals surface area contributed by atoms with Crippen molar-refractivity contribution in [2.45, 2.75) is 19.8 Å². The summed E-state index contributed by atoms with van der Waals surface area (Å²) in [5.74, 6) is -1.82. The first-order valence-electron chi connectivity index (χ1n) is 2.90. The SMILES string of the molecule is CCCC(C=O)C(=O)O.[CaH2]. The molecule has 0 aromatic carbocycles. The molecule has 56 valence electrons. The molecule has 0 aliphatic rings. The van der Waals surface area contributed by atoms with Gasteiger partial charge < -0.3 is 9.90 Å². The summed E-state index contributed by atoms with van der Waals surface area (Å²) in [4.78, 5) is 20.0. The van der Waals surface area contributed by atoms with Crippen LogP contribution >= 0.6 is 0 Å². The van der Waals surface area contributed by atoms with Crippen LogP contribution in [0.15, 0.2) is 0 Å². The van der Waals surface area contributed by atoms with Gasteiger partial charge in [0.2, 0.25) is 0 Å². The third-order valence-corrected chi connectivity index (χ3v) is 1.08. The zero-order chi connectivity index (χ0) is 7.28. The fourth-order valence-corrected chi connectivity index (χ4v) is 0.561. The van der Waals surface area contributed by atoms with Gasteiger partial charge in [-0.05, 0) is 6.42 Å². The van der Waals surface area contributed by atoms with E-state index in [1.165, 1.54) is 0 Å². The van der Waals surface area contributed by atoms with Crippen molar-refractivity contribution in [1.82, 2.24) is 0 Å². The van der Waals surface area contributed by atoms with Crippen molar-refractivity contribution in [3.63, 3.8) is 0 Å². The molecule has 0 aliphatic carbocycles. The van der Waals surface area contributed by atoms with Gasteiger partial charge in [0.15, 0.2) is 0 Å². The van der Waals surface area contributed by atoms with Crippen LogP contribution in [0.3, 0.4) is 0 Å². The Hall–Kier alpha value is 0.400. The van der Waals surface area contributed by atoms with Gasteiger partial charge in [-0.3, -0.25) is 4.79 Å². The Labute approximate surface area is 89.8 Å². The van der Waals surface area contributed by atoms with Gasteiger partial charge in [-0.15, -0.1) is 0 Å². The van der Waals surface area contributed by atoms with Gasteiger partial charge in [-0.1, -0.05) is 13.3 Å².